The van der Waals surface area contributed by atoms with Gasteiger partial charge in [0, 0.05) is 5.75 Å². The summed E-state index contributed by atoms with van der Waals surface area (Å²) in [5.41, 5.74) is -0.611. The van der Waals surface area contributed by atoms with Crippen LogP contribution in [0.1, 0.15) is 0 Å². The molecule has 3 heteroatoms. The van der Waals surface area contributed by atoms with E-state index in [0.717, 1.165) is 5.75 Å². The van der Waals surface area contributed by atoms with E-state index in [1.54, 1.807) is 6.08 Å². The van der Waals surface area contributed by atoms with Crippen molar-refractivity contribution in [2.45, 2.75) is 11.5 Å². The van der Waals surface area contributed by atoms with Gasteiger partial charge in [0.15, 0.2) is 0 Å². The number of thioether (sulfide) groups is 1. The van der Waals surface area contributed by atoms with Crippen LogP contribution in [0.25, 0.3) is 0 Å². The Kier molecular flexibility index (Phi) is 1.94. The Morgan fingerprint density at radius 3 is 2.62 bits per heavy atom. The highest BCUT2D eigenvalue weighted by atomic mass is 32.2. The second-order valence-corrected chi connectivity index (χ2v) is 2.79. The molecular formula is C5H8O2S. The average molecular weight is 132 g/mol. The largest absolute Gasteiger partial charge is 0.385 e. The van der Waals surface area contributed by atoms with Crippen LogP contribution in [0.5, 0.6) is 0 Å². The Morgan fingerprint density at radius 1 is 1.50 bits per heavy atom. The Labute approximate surface area is 52.2 Å². The fourth-order valence-corrected chi connectivity index (χ4v) is 1.25. The first kappa shape index (κ1) is 6.13. The number of aliphatic hydroxyl groups is 2. The lowest BCUT2D eigenvalue weighted by Crippen LogP contribution is -2.22. The quantitative estimate of drug-likeness (QED) is 0.455. The van der Waals surface area contributed by atoms with E-state index < -0.39 is 11.5 Å². The van der Waals surface area contributed by atoms with E-state index in [9.17, 15) is 0 Å². The summed E-state index contributed by atoms with van der Waals surface area (Å²) in [6, 6.07) is 0. The zero-order valence-electron chi connectivity index (χ0n) is 4.32. The highest BCUT2D eigenvalue weighted by Crippen LogP contribution is 2.17. The molecule has 8 heavy (non-hydrogen) atoms. The van der Waals surface area contributed by atoms with E-state index in [1.165, 1.54) is 11.8 Å². The van der Waals surface area contributed by atoms with Gasteiger partial charge in [0.1, 0.15) is 11.5 Å². The van der Waals surface area contributed by atoms with Crippen molar-refractivity contribution >= 4 is 11.8 Å². The Morgan fingerprint density at radius 2 is 2.25 bits per heavy atom. The summed E-state index contributed by atoms with van der Waals surface area (Å²) in [6.45, 7) is 0. The third-order valence-electron chi connectivity index (χ3n) is 0.989. The van der Waals surface area contributed by atoms with Gasteiger partial charge in [0.2, 0.25) is 0 Å². The Balaban J connectivity index is 2.47. The van der Waals surface area contributed by atoms with Gasteiger partial charge in [-0.3, -0.25) is 0 Å². The van der Waals surface area contributed by atoms with Gasteiger partial charge in [-0.15, -0.1) is 11.8 Å². The van der Waals surface area contributed by atoms with Crippen LogP contribution < -0.4 is 0 Å². The maximum Gasteiger partial charge on any atom is 0.129 e. The molecule has 46 valence electrons. The van der Waals surface area contributed by atoms with Gasteiger partial charge < -0.3 is 10.2 Å². The van der Waals surface area contributed by atoms with Crippen molar-refractivity contribution < 1.29 is 10.2 Å². The predicted molar refractivity (Wildman–Crippen MR) is 33.6 cm³/mol. The summed E-state index contributed by atoms with van der Waals surface area (Å²) < 4.78 is 0. The summed E-state index contributed by atoms with van der Waals surface area (Å²) in [5, 5.41) is 17.7. The van der Waals surface area contributed by atoms with Gasteiger partial charge in [0.25, 0.3) is 0 Å². The van der Waals surface area contributed by atoms with Gasteiger partial charge in [0.05, 0.1) is 0 Å². The summed E-state index contributed by atoms with van der Waals surface area (Å²) in [4.78, 5) is 0. The van der Waals surface area contributed by atoms with Crippen LogP contribution in [-0.4, -0.2) is 27.5 Å². The number of hydrogen-bond donors (Lipinski definition) is 2. The van der Waals surface area contributed by atoms with E-state index in [4.69, 9.17) is 10.2 Å². The predicted octanol–water partition coefficient (Wildman–Crippen LogP) is -0.0313. The van der Waals surface area contributed by atoms with Crippen LogP contribution >= 0.6 is 11.8 Å². The molecule has 0 fully saturated rings. The molecule has 0 bridgehead atoms. The summed E-state index contributed by atoms with van der Waals surface area (Å²) in [7, 11) is 0. The van der Waals surface area contributed by atoms with Crippen LogP contribution in [0, 0.1) is 0 Å². The average Bonchev–Trinajstić information content (AvgIpc) is 1.77. The summed E-state index contributed by atoms with van der Waals surface area (Å²) >= 11 is 1.34. The molecule has 0 saturated carbocycles. The fraction of sp³-hybridized carbons (Fsp3) is 0.600. The molecule has 0 aromatic rings. The summed E-state index contributed by atoms with van der Waals surface area (Å²) in [5.74, 6) is 0.804. The van der Waals surface area contributed by atoms with E-state index >= 15 is 0 Å². The maximum absolute atomic E-state index is 8.84. The zero-order chi connectivity index (χ0) is 5.98. The molecule has 0 aromatic heterocycles. The van der Waals surface area contributed by atoms with Crippen molar-refractivity contribution in [2.75, 3.05) is 5.75 Å². The highest BCUT2D eigenvalue weighted by molar-refractivity contribution is 7.99. The van der Waals surface area contributed by atoms with E-state index in [1.807, 2.05) is 6.08 Å². The minimum Gasteiger partial charge on any atom is -0.385 e. The number of aliphatic hydroxyl groups excluding tert-OH is 2. The molecule has 0 saturated heterocycles. The summed E-state index contributed by atoms with van der Waals surface area (Å²) in [6.07, 6.45) is 2.80. The first-order valence-electron chi connectivity index (χ1n) is 2.45. The lowest BCUT2D eigenvalue weighted by molar-refractivity contribution is 0.106. The monoisotopic (exact) mass is 132 g/mol. The third kappa shape index (κ3) is 1.24. The second-order valence-electron chi connectivity index (χ2n) is 1.64. The van der Waals surface area contributed by atoms with Gasteiger partial charge in [-0.05, 0) is 0 Å². The molecule has 1 aliphatic heterocycles. The van der Waals surface area contributed by atoms with Gasteiger partial charge in [-0.2, -0.15) is 0 Å². The first-order chi connectivity index (χ1) is 3.80. The minimum atomic E-state index is -0.659. The standard InChI is InChI=1S/C5H8O2S/c6-4-2-1-3-8-5(4)7/h1-2,4-7H,3H2. The smallest absolute Gasteiger partial charge is 0.129 e. The zero-order valence-corrected chi connectivity index (χ0v) is 5.14. The molecular weight excluding hydrogens is 124 g/mol. The van der Waals surface area contributed by atoms with E-state index in [0.29, 0.717) is 0 Å². The number of hydrogen-bond acceptors (Lipinski definition) is 3. The van der Waals surface area contributed by atoms with Gasteiger partial charge in [-0.1, -0.05) is 12.2 Å². The molecule has 1 rings (SSSR count). The SMILES string of the molecule is OC1C=CCSC1O. The third-order valence-corrected chi connectivity index (χ3v) is 1.99. The topological polar surface area (TPSA) is 40.5 Å². The van der Waals surface area contributed by atoms with Crippen molar-refractivity contribution in [3.63, 3.8) is 0 Å². The van der Waals surface area contributed by atoms with Crippen LogP contribution in [-0.2, 0) is 0 Å². The molecule has 0 aliphatic carbocycles. The maximum atomic E-state index is 8.84. The fourth-order valence-electron chi connectivity index (χ4n) is 0.543. The molecule has 0 spiro atoms. The molecule has 1 heterocycles. The van der Waals surface area contributed by atoms with Gasteiger partial charge >= 0.3 is 0 Å². The van der Waals surface area contributed by atoms with Crippen LogP contribution in [0.4, 0.5) is 0 Å². The molecule has 1 aliphatic rings. The van der Waals surface area contributed by atoms with Crippen molar-refractivity contribution in [2.24, 2.45) is 0 Å². The molecule has 2 nitrogen and oxygen atoms in total. The van der Waals surface area contributed by atoms with Crippen LogP contribution in [0.3, 0.4) is 0 Å². The molecule has 2 unspecified atom stereocenters. The van der Waals surface area contributed by atoms with Crippen molar-refractivity contribution in [1.29, 1.82) is 0 Å². The van der Waals surface area contributed by atoms with Crippen LogP contribution in [0.2, 0.25) is 0 Å². The number of rotatable bonds is 0. The van der Waals surface area contributed by atoms with Gasteiger partial charge in [-0.25, -0.2) is 0 Å². The van der Waals surface area contributed by atoms with Crippen molar-refractivity contribution in [3.8, 4) is 0 Å². The lowest BCUT2D eigenvalue weighted by atomic mass is 10.3. The second kappa shape index (κ2) is 2.53. The van der Waals surface area contributed by atoms with Crippen molar-refractivity contribution in [3.05, 3.63) is 12.2 Å². The van der Waals surface area contributed by atoms with Crippen LogP contribution in [0.15, 0.2) is 12.2 Å². The molecule has 0 radical (unpaired) electrons. The van der Waals surface area contributed by atoms with E-state index in [2.05, 4.69) is 0 Å². The minimum absolute atomic E-state index is 0.611. The first-order valence-corrected chi connectivity index (χ1v) is 3.50. The molecule has 2 atom stereocenters. The lowest BCUT2D eigenvalue weighted by Gasteiger charge is -2.16. The Bertz CT molecular complexity index is 103. The Hall–Kier alpha value is 0.01000. The highest BCUT2D eigenvalue weighted by Gasteiger charge is 2.15. The molecule has 0 aromatic carbocycles. The normalized spacial score (nSPS) is 37.8. The molecule has 0 amide bonds. The van der Waals surface area contributed by atoms with E-state index in [-0.39, 0.29) is 0 Å². The van der Waals surface area contributed by atoms with Crippen molar-refractivity contribution in [1.82, 2.24) is 0 Å². The molecule has 2 N–H and O–H groups in total.